The maximum Gasteiger partial charge on any atom is 0.0558 e. The van der Waals surface area contributed by atoms with Crippen LogP contribution in [0.4, 0.5) is 0 Å². The molecule has 1 aromatic carbocycles. The van der Waals surface area contributed by atoms with Gasteiger partial charge in [0.05, 0.1) is 13.2 Å². The molecule has 1 unspecified atom stereocenters. The second-order valence-corrected chi connectivity index (χ2v) is 6.22. The van der Waals surface area contributed by atoms with Gasteiger partial charge >= 0.3 is 0 Å². The predicted octanol–water partition coefficient (Wildman–Crippen LogP) is 2.17. The van der Waals surface area contributed by atoms with E-state index in [1.165, 1.54) is 31.2 Å². The topological polar surface area (TPSA) is 43.7 Å². The lowest BCUT2D eigenvalue weighted by atomic mass is 9.82. The van der Waals surface area contributed by atoms with E-state index in [0.29, 0.717) is 12.6 Å². The monoisotopic (exact) mass is 277 g/mol. The smallest absolute Gasteiger partial charge is 0.0558 e. The molecule has 0 bridgehead atoms. The molecule has 1 aromatic rings. The molecular formula is C17H27NO2. The summed E-state index contributed by atoms with van der Waals surface area (Å²) in [6.45, 7) is 3.94. The van der Waals surface area contributed by atoms with Gasteiger partial charge in [-0.2, -0.15) is 0 Å². The van der Waals surface area contributed by atoms with Crippen LogP contribution in [-0.4, -0.2) is 47.5 Å². The number of aliphatic hydroxyl groups is 2. The Balaban J connectivity index is 2.13. The molecule has 3 nitrogen and oxygen atoms in total. The Hall–Kier alpha value is -0.900. The lowest BCUT2D eigenvalue weighted by Gasteiger charge is -2.37. The van der Waals surface area contributed by atoms with Crippen LogP contribution in [0.2, 0.25) is 0 Å². The number of nitrogens with zero attached hydrogens (tertiary/aromatic N) is 1. The molecule has 1 aliphatic carbocycles. The highest BCUT2D eigenvalue weighted by atomic mass is 16.3. The van der Waals surface area contributed by atoms with Crippen molar-refractivity contribution in [1.29, 1.82) is 0 Å². The molecule has 0 aliphatic heterocycles. The van der Waals surface area contributed by atoms with E-state index in [0.717, 1.165) is 6.54 Å². The Bertz CT molecular complexity index is 389. The molecule has 0 heterocycles. The van der Waals surface area contributed by atoms with Gasteiger partial charge in [-0.3, -0.25) is 4.90 Å². The Morgan fingerprint density at radius 2 is 1.80 bits per heavy atom. The van der Waals surface area contributed by atoms with E-state index >= 15 is 0 Å². The first kappa shape index (κ1) is 15.5. The van der Waals surface area contributed by atoms with Crippen LogP contribution in [0.1, 0.15) is 38.2 Å². The zero-order valence-corrected chi connectivity index (χ0v) is 12.5. The third kappa shape index (κ3) is 3.60. The number of benzene rings is 1. The van der Waals surface area contributed by atoms with Crippen LogP contribution in [0, 0.1) is 0 Å². The quantitative estimate of drug-likeness (QED) is 0.803. The van der Waals surface area contributed by atoms with Crippen LogP contribution in [-0.2, 0) is 5.41 Å². The standard InChI is InChI=1S/C17H27NO2/c1-17(14-20,15-7-3-2-4-8-15)13-18(11-12-19)16-9-5-6-10-16/h2-4,7-8,16,19-20H,5-6,9-14H2,1H3. The van der Waals surface area contributed by atoms with Crippen molar-refractivity contribution in [2.75, 3.05) is 26.3 Å². The molecule has 0 amide bonds. The van der Waals surface area contributed by atoms with Gasteiger partial charge in [0.25, 0.3) is 0 Å². The summed E-state index contributed by atoms with van der Waals surface area (Å²) in [6.07, 6.45) is 5.01. The van der Waals surface area contributed by atoms with Gasteiger partial charge in [-0.25, -0.2) is 0 Å². The summed E-state index contributed by atoms with van der Waals surface area (Å²) >= 11 is 0. The van der Waals surface area contributed by atoms with Crippen molar-refractivity contribution in [3.8, 4) is 0 Å². The molecule has 2 rings (SSSR count). The summed E-state index contributed by atoms with van der Waals surface area (Å²) in [6, 6.07) is 10.8. The molecule has 2 N–H and O–H groups in total. The molecule has 0 spiro atoms. The van der Waals surface area contributed by atoms with Crippen molar-refractivity contribution in [1.82, 2.24) is 4.90 Å². The van der Waals surface area contributed by atoms with Crippen molar-refractivity contribution in [2.24, 2.45) is 0 Å². The molecule has 1 atom stereocenters. The van der Waals surface area contributed by atoms with Gasteiger partial charge in [0.2, 0.25) is 0 Å². The molecular weight excluding hydrogens is 250 g/mol. The van der Waals surface area contributed by atoms with Crippen LogP contribution < -0.4 is 0 Å². The van der Waals surface area contributed by atoms with Gasteiger partial charge in [0.1, 0.15) is 0 Å². The summed E-state index contributed by atoms with van der Waals surface area (Å²) in [5, 5.41) is 19.2. The maximum atomic E-state index is 9.91. The van der Waals surface area contributed by atoms with Crippen molar-refractivity contribution < 1.29 is 10.2 Å². The SMILES string of the molecule is CC(CO)(CN(CCO)C1CCCC1)c1ccccc1. The fourth-order valence-electron chi connectivity index (χ4n) is 3.31. The molecule has 1 aliphatic rings. The summed E-state index contributed by atoms with van der Waals surface area (Å²) < 4.78 is 0. The minimum absolute atomic E-state index is 0.131. The normalized spacial score (nSPS) is 19.4. The average Bonchev–Trinajstić information content (AvgIpc) is 3.02. The predicted molar refractivity (Wildman–Crippen MR) is 81.8 cm³/mol. The van der Waals surface area contributed by atoms with Crippen LogP contribution >= 0.6 is 0 Å². The minimum Gasteiger partial charge on any atom is -0.395 e. The second-order valence-electron chi connectivity index (χ2n) is 6.22. The Kier molecular flexibility index (Phi) is 5.58. The highest BCUT2D eigenvalue weighted by Gasteiger charge is 2.32. The fourth-order valence-corrected chi connectivity index (χ4v) is 3.31. The van der Waals surface area contributed by atoms with E-state index in [2.05, 4.69) is 24.0 Å². The summed E-state index contributed by atoms with van der Waals surface area (Å²) in [7, 11) is 0. The number of aliphatic hydroxyl groups excluding tert-OH is 2. The molecule has 1 saturated carbocycles. The average molecular weight is 277 g/mol. The van der Waals surface area contributed by atoms with Crippen LogP contribution in [0.3, 0.4) is 0 Å². The molecule has 20 heavy (non-hydrogen) atoms. The van der Waals surface area contributed by atoms with Crippen molar-refractivity contribution in [3.05, 3.63) is 35.9 Å². The maximum absolute atomic E-state index is 9.91. The van der Waals surface area contributed by atoms with E-state index in [1.807, 2.05) is 18.2 Å². The van der Waals surface area contributed by atoms with Crippen LogP contribution in [0.25, 0.3) is 0 Å². The first-order valence-electron chi connectivity index (χ1n) is 7.71. The van der Waals surface area contributed by atoms with E-state index in [-0.39, 0.29) is 18.6 Å². The van der Waals surface area contributed by atoms with E-state index in [1.54, 1.807) is 0 Å². The minimum atomic E-state index is -0.265. The van der Waals surface area contributed by atoms with Gasteiger partial charge in [-0.15, -0.1) is 0 Å². The molecule has 3 heteroatoms. The molecule has 1 fully saturated rings. The molecule has 112 valence electrons. The Labute approximate surface area is 122 Å². The summed E-state index contributed by atoms with van der Waals surface area (Å²) in [4.78, 5) is 2.37. The van der Waals surface area contributed by atoms with Gasteiger partial charge < -0.3 is 10.2 Å². The third-order valence-electron chi connectivity index (χ3n) is 4.60. The van der Waals surface area contributed by atoms with E-state index in [4.69, 9.17) is 0 Å². The first-order chi connectivity index (χ1) is 9.69. The van der Waals surface area contributed by atoms with Crippen molar-refractivity contribution >= 4 is 0 Å². The lowest BCUT2D eigenvalue weighted by Crippen LogP contribution is -2.46. The zero-order valence-electron chi connectivity index (χ0n) is 12.5. The van der Waals surface area contributed by atoms with Gasteiger partial charge in [0.15, 0.2) is 0 Å². The second kappa shape index (κ2) is 7.21. The fraction of sp³-hybridized carbons (Fsp3) is 0.647. The summed E-state index contributed by atoms with van der Waals surface area (Å²) in [5.74, 6) is 0. The van der Waals surface area contributed by atoms with Gasteiger partial charge in [0, 0.05) is 24.5 Å². The Morgan fingerprint density at radius 3 is 2.35 bits per heavy atom. The lowest BCUT2D eigenvalue weighted by molar-refractivity contribution is 0.0956. The van der Waals surface area contributed by atoms with Gasteiger partial charge in [-0.1, -0.05) is 50.1 Å². The number of hydrogen-bond acceptors (Lipinski definition) is 3. The number of rotatable bonds is 7. The highest BCUT2D eigenvalue weighted by Crippen LogP contribution is 2.29. The van der Waals surface area contributed by atoms with E-state index < -0.39 is 0 Å². The van der Waals surface area contributed by atoms with E-state index in [9.17, 15) is 10.2 Å². The van der Waals surface area contributed by atoms with Gasteiger partial charge in [-0.05, 0) is 18.4 Å². The third-order valence-corrected chi connectivity index (χ3v) is 4.60. The highest BCUT2D eigenvalue weighted by molar-refractivity contribution is 5.25. The first-order valence-corrected chi connectivity index (χ1v) is 7.71. The Morgan fingerprint density at radius 1 is 1.15 bits per heavy atom. The van der Waals surface area contributed by atoms with Crippen LogP contribution in [0.5, 0.6) is 0 Å². The van der Waals surface area contributed by atoms with Crippen molar-refractivity contribution in [2.45, 2.75) is 44.1 Å². The molecule has 0 saturated heterocycles. The van der Waals surface area contributed by atoms with Crippen LogP contribution in [0.15, 0.2) is 30.3 Å². The molecule has 0 radical (unpaired) electrons. The molecule has 0 aromatic heterocycles. The largest absolute Gasteiger partial charge is 0.395 e. The summed E-state index contributed by atoms with van der Waals surface area (Å²) in [5.41, 5.74) is 0.905. The zero-order chi connectivity index (χ0) is 14.4. The van der Waals surface area contributed by atoms with Crippen molar-refractivity contribution in [3.63, 3.8) is 0 Å². The number of hydrogen-bond donors (Lipinski definition) is 2.